The first kappa shape index (κ1) is 15.8. The average Bonchev–Trinajstić information content (AvgIpc) is 2.93. The number of ketones is 1. The lowest BCUT2D eigenvalue weighted by Crippen LogP contribution is -2.25. The molecule has 0 radical (unpaired) electrons. The van der Waals surface area contributed by atoms with Crippen LogP contribution in [0.3, 0.4) is 0 Å². The quantitative estimate of drug-likeness (QED) is 0.536. The van der Waals surface area contributed by atoms with E-state index in [1.807, 2.05) is 37.3 Å². The number of para-hydroxylation sites is 1. The number of aryl methyl sites for hydroxylation is 1. The molecule has 5 nitrogen and oxygen atoms in total. The molecule has 0 unspecified atom stereocenters. The van der Waals surface area contributed by atoms with E-state index >= 15 is 0 Å². The molecule has 25 heavy (non-hydrogen) atoms. The third kappa shape index (κ3) is 2.68. The van der Waals surface area contributed by atoms with E-state index in [1.54, 1.807) is 12.1 Å². The molecule has 0 fully saturated rings. The Bertz CT molecular complexity index is 1190. The maximum atomic E-state index is 12.8. The van der Waals surface area contributed by atoms with Gasteiger partial charge in [0.25, 0.3) is 5.56 Å². The van der Waals surface area contributed by atoms with Gasteiger partial charge in [0.2, 0.25) is 0 Å². The molecule has 1 N–H and O–H groups in total. The van der Waals surface area contributed by atoms with Gasteiger partial charge in [-0.25, -0.2) is 4.98 Å². The summed E-state index contributed by atoms with van der Waals surface area (Å²) in [5.41, 5.74) is 2.72. The molecule has 0 bridgehead atoms. The number of carbonyl (C=O) groups excluding carboxylic acids is 1. The van der Waals surface area contributed by atoms with E-state index < -0.39 is 0 Å². The lowest BCUT2D eigenvalue weighted by Gasteiger charge is -2.07. The number of carbonyl (C=O) groups is 1. The van der Waals surface area contributed by atoms with Gasteiger partial charge < -0.3 is 4.98 Å². The van der Waals surface area contributed by atoms with Crippen LogP contribution in [0.25, 0.3) is 21.8 Å². The summed E-state index contributed by atoms with van der Waals surface area (Å²) < 4.78 is 2.16. The number of hydrogen-bond acceptors (Lipinski definition) is 3. The van der Waals surface area contributed by atoms with Gasteiger partial charge >= 0.3 is 0 Å². The molecule has 0 aliphatic carbocycles. The van der Waals surface area contributed by atoms with Crippen LogP contribution in [-0.2, 0) is 6.54 Å². The predicted octanol–water partition coefficient (Wildman–Crippen LogP) is 3.83. The minimum absolute atomic E-state index is 0.0447. The molecule has 6 heteroatoms. The summed E-state index contributed by atoms with van der Waals surface area (Å²) in [6.45, 7) is 1.82. The number of rotatable bonds is 3. The number of fused-ring (bicyclic) bond motifs is 2. The molecule has 0 saturated carbocycles. The number of halogens is 1. The van der Waals surface area contributed by atoms with Crippen molar-refractivity contribution in [1.29, 1.82) is 0 Å². The number of hydrogen-bond donors (Lipinski definition) is 1. The molecule has 2 heterocycles. The second-order valence-corrected chi connectivity index (χ2v) is 6.85. The van der Waals surface area contributed by atoms with Crippen LogP contribution in [0.5, 0.6) is 0 Å². The largest absolute Gasteiger partial charge is 0.358 e. The zero-order valence-corrected chi connectivity index (χ0v) is 15.0. The summed E-state index contributed by atoms with van der Waals surface area (Å²) in [6, 6.07) is 13.0. The Labute approximate surface area is 151 Å². The zero-order chi connectivity index (χ0) is 17.6. The van der Waals surface area contributed by atoms with Crippen molar-refractivity contribution < 1.29 is 4.79 Å². The average molecular weight is 396 g/mol. The normalized spacial score (nSPS) is 11.3. The summed E-state index contributed by atoms with van der Waals surface area (Å²) in [5.74, 6) is -0.117. The topological polar surface area (TPSA) is 67.8 Å². The number of Topliss-reactive ketones (excluding diaryl/α,β-unsaturated/α-hetero) is 1. The van der Waals surface area contributed by atoms with Crippen LogP contribution in [0.4, 0.5) is 0 Å². The van der Waals surface area contributed by atoms with Gasteiger partial charge in [-0.15, -0.1) is 0 Å². The maximum Gasteiger partial charge on any atom is 0.261 e. The lowest BCUT2D eigenvalue weighted by atomic mass is 10.1. The number of benzene rings is 2. The standard InChI is InChI=1S/C19H14BrN3O2/c1-11-18(13-4-2-3-5-16(13)22-11)17(24)9-23-10-21-15-7-6-12(20)8-14(15)19(23)25/h2-8,10,22H,9H2,1H3. The van der Waals surface area contributed by atoms with Crippen molar-refractivity contribution in [3.05, 3.63) is 74.9 Å². The Morgan fingerprint density at radius 2 is 2.00 bits per heavy atom. The molecule has 0 saturated heterocycles. The Morgan fingerprint density at radius 1 is 1.20 bits per heavy atom. The third-order valence-corrected chi connectivity index (χ3v) is 4.77. The highest BCUT2D eigenvalue weighted by Crippen LogP contribution is 2.22. The SMILES string of the molecule is Cc1[nH]c2ccccc2c1C(=O)Cn1cnc2ccc(Br)cc2c1=O. The third-order valence-electron chi connectivity index (χ3n) is 4.27. The predicted molar refractivity (Wildman–Crippen MR) is 101 cm³/mol. The van der Waals surface area contributed by atoms with Gasteiger partial charge in [-0.2, -0.15) is 0 Å². The van der Waals surface area contributed by atoms with Crippen molar-refractivity contribution in [3.8, 4) is 0 Å². The first-order chi connectivity index (χ1) is 12.0. The van der Waals surface area contributed by atoms with E-state index in [9.17, 15) is 9.59 Å². The number of aromatic amines is 1. The fourth-order valence-corrected chi connectivity index (χ4v) is 3.47. The second kappa shape index (κ2) is 5.97. The van der Waals surface area contributed by atoms with Crippen molar-refractivity contribution in [2.24, 2.45) is 0 Å². The number of aromatic nitrogens is 3. The van der Waals surface area contributed by atoms with E-state index in [0.717, 1.165) is 21.1 Å². The summed E-state index contributed by atoms with van der Waals surface area (Å²) in [5, 5.41) is 1.36. The Hall–Kier alpha value is -2.73. The van der Waals surface area contributed by atoms with Crippen molar-refractivity contribution in [3.63, 3.8) is 0 Å². The molecule has 2 aromatic carbocycles. The van der Waals surface area contributed by atoms with Crippen LogP contribution in [0.15, 0.2) is 58.1 Å². The van der Waals surface area contributed by atoms with Crippen LogP contribution >= 0.6 is 15.9 Å². The van der Waals surface area contributed by atoms with Crippen LogP contribution in [0.1, 0.15) is 16.1 Å². The molecule has 0 aliphatic heterocycles. The monoisotopic (exact) mass is 395 g/mol. The smallest absolute Gasteiger partial charge is 0.261 e. The second-order valence-electron chi connectivity index (χ2n) is 5.93. The first-order valence-corrected chi connectivity index (χ1v) is 8.59. The molecule has 0 aliphatic rings. The highest BCUT2D eigenvalue weighted by molar-refractivity contribution is 9.10. The van der Waals surface area contributed by atoms with Crippen LogP contribution < -0.4 is 5.56 Å². The van der Waals surface area contributed by atoms with Gasteiger partial charge in [0.15, 0.2) is 5.78 Å². The van der Waals surface area contributed by atoms with Crippen LogP contribution in [0.2, 0.25) is 0 Å². The number of nitrogens with one attached hydrogen (secondary N) is 1. The molecule has 4 rings (SSSR count). The van der Waals surface area contributed by atoms with Crippen molar-refractivity contribution in [1.82, 2.24) is 14.5 Å². The molecular weight excluding hydrogens is 382 g/mol. The zero-order valence-electron chi connectivity index (χ0n) is 13.4. The fraction of sp³-hybridized carbons (Fsp3) is 0.105. The highest BCUT2D eigenvalue weighted by Gasteiger charge is 2.17. The van der Waals surface area contributed by atoms with Gasteiger partial charge in [-0.05, 0) is 31.2 Å². The van der Waals surface area contributed by atoms with Gasteiger partial charge in [0, 0.05) is 26.6 Å². The molecule has 0 amide bonds. The summed E-state index contributed by atoms with van der Waals surface area (Å²) in [4.78, 5) is 33.0. The minimum atomic E-state index is -0.225. The summed E-state index contributed by atoms with van der Waals surface area (Å²) in [7, 11) is 0. The van der Waals surface area contributed by atoms with E-state index in [2.05, 4.69) is 25.9 Å². The number of H-pyrrole nitrogens is 1. The van der Waals surface area contributed by atoms with Crippen LogP contribution in [0, 0.1) is 6.92 Å². The Balaban J connectivity index is 1.78. The first-order valence-electron chi connectivity index (χ1n) is 7.80. The van der Waals surface area contributed by atoms with E-state index in [0.29, 0.717) is 16.5 Å². The van der Waals surface area contributed by atoms with Gasteiger partial charge in [-0.1, -0.05) is 34.1 Å². The maximum absolute atomic E-state index is 12.8. The molecule has 0 atom stereocenters. The Kier molecular flexibility index (Phi) is 3.77. The van der Waals surface area contributed by atoms with Crippen molar-refractivity contribution in [2.75, 3.05) is 0 Å². The van der Waals surface area contributed by atoms with E-state index in [1.165, 1.54) is 10.9 Å². The highest BCUT2D eigenvalue weighted by atomic mass is 79.9. The minimum Gasteiger partial charge on any atom is -0.358 e. The number of nitrogens with zero attached hydrogens (tertiary/aromatic N) is 2. The molecular formula is C19H14BrN3O2. The van der Waals surface area contributed by atoms with Crippen LogP contribution in [-0.4, -0.2) is 20.3 Å². The molecule has 4 aromatic rings. The Morgan fingerprint density at radius 3 is 2.84 bits per heavy atom. The van der Waals surface area contributed by atoms with Gasteiger partial charge in [-0.3, -0.25) is 14.2 Å². The molecule has 0 spiro atoms. The van der Waals surface area contributed by atoms with Crippen molar-refractivity contribution in [2.45, 2.75) is 13.5 Å². The van der Waals surface area contributed by atoms with E-state index in [4.69, 9.17) is 0 Å². The lowest BCUT2D eigenvalue weighted by molar-refractivity contribution is 0.0971. The van der Waals surface area contributed by atoms with Crippen molar-refractivity contribution >= 4 is 43.5 Å². The fourth-order valence-electron chi connectivity index (χ4n) is 3.11. The summed E-state index contributed by atoms with van der Waals surface area (Å²) in [6.07, 6.45) is 1.43. The van der Waals surface area contributed by atoms with Gasteiger partial charge in [0.05, 0.1) is 23.8 Å². The molecule has 2 aromatic heterocycles. The molecule has 124 valence electrons. The summed E-state index contributed by atoms with van der Waals surface area (Å²) >= 11 is 3.36. The van der Waals surface area contributed by atoms with Gasteiger partial charge in [0.1, 0.15) is 0 Å². The van der Waals surface area contributed by atoms with E-state index in [-0.39, 0.29) is 17.9 Å².